The fraction of sp³-hybridized carbons (Fsp3) is 0.636. The number of nitrogens with zero attached hydrogens (tertiary/aromatic N) is 1. The molecule has 15 heavy (non-hydrogen) atoms. The van der Waals surface area contributed by atoms with Gasteiger partial charge >= 0.3 is 0 Å². The summed E-state index contributed by atoms with van der Waals surface area (Å²) < 4.78 is 0. The Kier molecular flexibility index (Phi) is 6.96. The molecule has 0 radical (unpaired) electrons. The lowest BCUT2D eigenvalue weighted by Gasteiger charge is -1.98. The Morgan fingerprint density at radius 1 is 1.53 bits per heavy atom. The highest BCUT2D eigenvalue weighted by Crippen LogP contribution is 2.17. The molecule has 0 aliphatic heterocycles. The van der Waals surface area contributed by atoms with Gasteiger partial charge in [0.05, 0.1) is 5.69 Å². The first-order chi connectivity index (χ1) is 7.15. The fourth-order valence-electron chi connectivity index (χ4n) is 0.892. The Balaban J connectivity index is 0.000000921. The van der Waals surface area contributed by atoms with Crippen molar-refractivity contribution in [1.82, 2.24) is 10.3 Å². The van der Waals surface area contributed by atoms with Gasteiger partial charge in [-0.1, -0.05) is 27.7 Å². The number of amides is 1. The molecular weight excluding hydrogens is 208 g/mol. The van der Waals surface area contributed by atoms with Crippen LogP contribution in [0.3, 0.4) is 0 Å². The molecule has 86 valence electrons. The third kappa shape index (κ3) is 4.42. The van der Waals surface area contributed by atoms with Crippen molar-refractivity contribution in [3.05, 3.63) is 16.1 Å². The second-order valence-electron chi connectivity index (χ2n) is 3.09. The smallest absolute Gasteiger partial charge is 0.280 e. The van der Waals surface area contributed by atoms with E-state index in [1.165, 1.54) is 11.3 Å². The number of nitrogens with one attached hydrogen (secondary N) is 1. The standard InChI is InChI=1S/C9H14N2OS.C2H6/c1-4-10-8(12)9-11-7(5-13-9)6(2)3;1-2/h5-6H,4H2,1-3H3,(H,10,12);1-2H3. The van der Waals surface area contributed by atoms with Gasteiger partial charge in [-0.05, 0) is 12.8 Å². The van der Waals surface area contributed by atoms with Crippen LogP contribution in [0, 0.1) is 0 Å². The molecule has 0 aliphatic carbocycles. The van der Waals surface area contributed by atoms with Gasteiger partial charge in [-0.15, -0.1) is 11.3 Å². The largest absolute Gasteiger partial charge is 0.350 e. The Hall–Kier alpha value is -0.900. The molecule has 0 fully saturated rings. The second kappa shape index (κ2) is 7.40. The molecule has 0 saturated carbocycles. The van der Waals surface area contributed by atoms with E-state index in [1.807, 2.05) is 26.2 Å². The summed E-state index contributed by atoms with van der Waals surface area (Å²) in [6.07, 6.45) is 0. The molecule has 0 atom stereocenters. The van der Waals surface area contributed by atoms with E-state index in [-0.39, 0.29) is 5.91 Å². The van der Waals surface area contributed by atoms with Gasteiger partial charge in [-0.3, -0.25) is 4.79 Å². The van der Waals surface area contributed by atoms with E-state index in [0.717, 1.165) is 5.69 Å². The number of rotatable bonds is 3. The first-order valence-electron chi connectivity index (χ1n) is 5.38. The maximum Gasteiger partial charge on any atom is 0.280 e. The zero-order valence-corrected chi connectivity index (χ0v) is 10.9. The van der Waals surface area contributed by atoms with Crippen LogP contribution in [-0.4, -0.2) is 17.4 Å². The van der Waals surface area contributed by atoms with Gasteiger partial charge in [-0.2, -0.15) is 0 Å². The van der Waals surface area contributed by atoms with Crippen LogP contribution >= 0.6 is 11.3 Å². The van der Waals surface area contributed by atoms with Crippen LogP contribution in [0.15, 0.2) is 5.38 Å². The molecule has 1 N–H and O–H groups in total. The Labute approximate surface area is 95.9 Å². The van der Waals surface area contributed by atoms with Crippen LogP contribution in [0.1, 0.15) is 56.0 Å². The highest BCUT2D eigenvalue weighted by molar-refractivity contribution is 7.11. The summed E-state index contributed by atoms with van der Waals surface area (Å²) in [4.78, 5) is 15.6. The number of thiazole rings is 1. The van der Waals surface area contributed by atoms with E-state index < -0.39 is 0 Å². The van der Waals surface area contributed by atoms with Crippen molar-refractivity contribution in [1.29, 1.82) is 0 Å². The van der Waals surface area contributed by atoms with Crippen LogP contribution in [0.5, 0.6) is 0 Å². The molecule has 4 heteroatoms. The van der Waals surface area contributed by atoms with Crippen molar-refractivity contribution >= 4 is 17.2 Å². The summed E-state index contributed by atoms with van der Waals surface area (Å²) in [6, 6.07) is 0. The van der Waals surface area contributed by atoms with E-state index >= 15 is 0 Å². The Morgan fingerprint density at radius 2 is 2.13 bits per heavy atom. The summed E-state index contributed by atoms with van der Waals surface area (Å²) in [5.74, 6) is 0.318. The summed E-state index contributed by atoms with van der Waals surface area (Å²) >= 11 is 1.40. The first kappa shape index (κ1) is 14.1. The van der Waals surface area contributed by atoms with E-state index in [9.17, 15) is 4.79 Å². The number of aromatic nitrogens is 1. The van der Waals surface area contributed by atoms with E-state index in [0.29, 0.717) is 17.5 Å². The predicted octanol–water partition coefficient (Wildman–Crippen LogP) is 3.04. The highest BCUT2D eigenvalue weighted by atomic mass is 32.1. The number of carbonyl (C=O) groups is 1. The van der Waals surface area contributed by atoms with Gasteiger partial charge in [0.15, 0.2) is 5.01 Å². The predicted molar refractivity (Wildman–Crippen MR) is 65.6 cm³/mol. The molecule has 0 saturated heterocycles. The molecule has 0 aliphatic rings. The lowest BCUT2D eigenvalue weighted by molar-refractivity contribution is 0.0955. The zero-order valence-electron chi connectivity index (χ0n) is 10.1. The fourth-order valence-corrected chi connectivity index (χ4v) is 1.79. The van der Waals surface area contributed by atoms with E-state index in [2.05, 4.69) is 24.1 Å². The van der Waals surface area contributed by atoms with E-state index in [1.54, 1.807) is 0 Å². The van der Waals surface area contributed by atoms with Crippen LogP contribution < -0.4 is 5.32 Å². The first-order valence-corrected chi connectivity index (χ1v) is 6.26. The van der Waals surface area contributed by atoms with Crippen LogP contribution in [0.2, 0.25) is 0 Å². The van der Waals surface area contributed by atoms with Gasteiger partial charge < -0.3 is 5.32 Å². The van der Waals surface area contributed by atoms with Crippen LogP contribution in [0.25, 0.3) is 0 Å². The Morgan fingerprint density at radius 3 is 2.53 bits per heavy atom. The number of hydrogen-bond donors (Lipinski definition) is 1. The summed E-state index contributed by atoms with van der Waals surface area (Å²) in [7, 11) is 0. The van der Waals surface area contributed by atoms with Crippen molar-refractivity contribution in [2.24, 2.45) is 0 Å². The lowest BCUT2D eigenvalue weighted by atomic mass is 10.2. The number of hydrogen-bond acceptors (Lipinski definition) is 3. The van der Waals surface area contributed by atoms with Crippen molar-refractivity contribution in [3.8, 4) is 0 Å². The average molecular weight is 228 g/mol. The molecule has 0 unspecified atom stereocenters. The zero-order chi connectivity index (χ0) is 11.8. The average Bonchev–Trinajstić information content (AvgIpc) is 2.70. The quantitative estimate of drug-likeness (QED) is 0.864. The molecule has 0 bridgehead atoms. The van der Waals surface area contributed by atoms with E-state index in [4.69, 9.17) is 0 Å². The topological polar surface area (TPSA) is 42.0 Å². The van der Waals surface area contributed by atoms with Gasteiger partial charge in [-0.25, -0.2) is 4.98 Å². The summed E-state index contributed by atoms with van der Waals surface area (Å²) in [6.45, 7) is 10.7. The second-order valence-corrected chi connectivity index (χ2v) is 3.95. The van der Waals surface area contributed by atoms with Gasteiger partial charge in [0, 0.05) is 11.9 Å². The molecule has 3 nitrogen and oxygen atoms in total. The van der Waals surface area contributed by atoms with Crippen LogP contribution in [0.4, 0.5) is 0 Å². The lowest BCUT2D eigenvalue weighted by Crippen LogP contribution is -2.22. The van der Waals surface area contributed by atoms with Crippen molar-refractivity contribution in [2.75, 3.05) is 6.54 Å². The van der Waals surface area contributed by atoms with Gasteiger partial charge in [0.2, 0.25) is 0 Å². The normalized spacial score (nSPS) is 9.47. The Bertz CT molecular complexity index is 295. The molecule has 1 aromatic heterocycles. The molecule has 0 aromatic carbocycles. The van der Waals surface area contributed by atoms with Crippen molar-refractivity contribution < 1.29 is 4.79 Å². The minimum atomic E-state index is -0.0700. The minimum absolute atomic E-state index is 0.0700. The summed E-state index contributed by atoms with van der Waals surface area (Å²) in [5, 5.41) is 5.22. The molecule has 1 aromatic rings. The van der Waals surface area contributed by atoms with Crippen LogP contribution in [-0.2, 0) is 0 Å². The van der Waals surface area contributed by atoms with Gasteiger partial charge in [0.1, 0.15) is 0 Å². The molecule has 1 heterocycles. The third-order valence-corrected chi connectivity index (χ3v) is 2.50. The molecule has 1 amide bonds. The maximum absolute atomic E-state index is 11.3. The van der Waals surface area contributed by atoms with Gasteiger partial charge in [0.25, 0.3) is 5.91 Å². The molecule has 1 rings (SSSR count). The maximum atomic E-state index is 11.3. The molecular formula is C11H20N2OS. The minimum Gasteiger partial charge on any atom is -0.350 e. The number of carbonyl (C=O) groups excluding carboxylic acids is 1. The molecule has 0 spiro atoms. The SMILES string of the molecule is CC.CCNC(=O)c1nc(C(C)C)cs1. The third-order valence-electron chi connectivity index (χ3n) is 1.65. The summed E-state index contributed by atoms with van der Waals surface area (Å²) in [5.41, 5.74) is 0.992. The van der Waals surface area contributed by atoms with Crippen molar-refractivity contribution in [3.63, 3.8) is 0 Å². The van der Waals surface area contributed by atoms with Crippen molar-refractivity contribution in [2.45, 2.75) is 40.5 Å². The monoisotopic (exact) mass is 228 g/mol. The highest BCUT2D eigenvalue weighted by Gasteiger charge is 2.11.